The summed E-state index contributed by atoms with van der Waals surface area (Å²) in [6.45, 7) is -0.107. The average molecular weight is 252 g/mol. The summed E-state index contributed by atoms with van der Waals surface area (Å²) in [6, 6.07) is 9.70. The highest BCUT2D eigenvalue weighted by molar-refractivity contribution is 7.91. The molecule has 90 valence electrons. The topological polar surface area (TPSA) is 87.0 Å². The molecule has 0 bridgehead atoms. The molecule has 1 aromatic rings. The number of hydrogen-bond acceptors (Lipinski definition) is 4. The molecule has 1 amide bonds. The van der Waals surface area contributed by atoms with Gasteiger partial charge in [0, 0.05) is 6.42 Å². The van der Waals surface area contributed by atoms with Crippen LogP contribution in [0.5, 0.6) is 0 Å². The number of nitrogens with zero attached hydrogens (tertiary/aromatic N) is 1. The number of hydrogen-bond donors (Lipinski definition) is 1. The zero-order valence-electron chi connectivity index (χ0n) is 9.09. The summed E-state index contributed by atoms with van der Waals surface area (Å²) in [5.41, 5.74) is 0. The lowest BCUT2D eigenvalue weighted by molar-refractivity contribution is -0.120. The van der Waals surface area contributed by atoms with Crippen LogP contribution in [-0.4, -0.2) is 26.6 Å². The van der Waals surface area contributed by atoms with Crippen molar-refractivity contribution in [3.63, 3.8) is 0 Å². The van der Waals surface area contributed by atoms with E-state index in [1.807, 2.05) is 0 Å². The Kier molecular flexibility index (Phi) is 4.67. The third-order valence-corrected chi connectivity index (χ3v) is 3.80. The van der Waals surface area contributed by atoms with Crippen LogP contribution in [0.3, 0.4) is 0 Å². The average Bonchev–Trinajstić information content (AvgIpc) is 2.35. The summed E-state index contributed by atoms with van der Waals surface area (Å²) < 4.78 is 23.5. The maximum Gasteiger partial charge on any atom is 0.221 e. The lowest BCUT2D eigenvalue weighted by atomic mass is 10.4. The SMILES string of the molecule is N#CCNC(=O)CCS(=O)(=O)c1ccccc1. The molecule has 0 fully saturated rings. The zero-order chi connectivity index (χ0) is 12.7. The van der Waals surface area contributed by atoms with Crippen molar-refractivity contribution < 1.29 is 13.2 Å². The van der Waals surface area contributed by atoms with Crippen molar-refractivity contribution in [1.29, 1.82) is 5.26 Å². The molecule has 0 saturated carbocycles. The maximum absolute atomic E-state index is 11.8. The minimum atomic E-state index is -3.42. The molecule has 0 spiro atoms. The summed E-state index contributed by atoms with van der Waals surface area (Å²) in [7, 11) is -3.42. The molecule has 0 saturated heterocycles. The standard InChI is InChI=1S/C11H12N2O3S/c12-7-8-13-11(14)6-9-17(15,16)10-4-2-1-3-5-10/h1-5H,6,8-9H2,(H,13,14). The number of nitrogens with one attached hydrogen (secondary N) is 1. The molecule has 0 aliphatic carbocycles. The second-order valence-electron chi connectivity index (χ2n) is 3.32. The summed E-state index contributed by atoms with van der Waals surface area (Å²) >= 11 is 0. The molecule has 1 rings (SSSR count). The zero-order valence-corrected chi connectivity index (χ0v) is 9.90. The highest BCUT2D eigenvalue weighted by Gasteiger charge is 2.15. The molecule has 0 unspecified atom stereocenters. The third kappa shape index (κ3) is 4.25. The van der Waals surface area contributed by atoms with E-state index in [1.54, 1.807) is 24.3 Å². The summed E-state index contributed by atoms with van der Waals surface area (Å²) in [5, 5.41) is 10.5. The largest absolute Gasteiger partial charge is 0.343 e. The third-order valence-electron chi connectivity index (χ3n) is 2.06. The quantitative estimate of drug-likeness (QED) is 0.772. The molecule has 1 aromatic carbocycles. The first kappa shape index (κ1) is 13.2. The predicted molar refractivity (Wildman–Crippen MR) is 61.7 cm³/mol. The Morgan fingerprint density at radius 3 is 2.53 bits per heavy atom. The smallest absolute Gasteiger partial charge is 0.221 e. The van der Waals surface area contributed by atoms with Crippen molar-refractivity contribution in [1.82, 2.24) is 5.32 Å². The normalized spacial score (nSPS) is 10.5. The molecule has 6 heteroatoms. The van der Waals surface area contributed by atoms with Crippen molar-refractivity contribution in [3.05, 3.63) is 30.3 Å². The highest BCUT2D eigenvalue weighted by Crippen LogP contribution is 2.10. The second kappa shape index (κ2) is 6.01. The molecular weight excluding hydrogens is 240 g/mol. The first-order chi connectivity index (χ1) is 8.06. The monoisotopic (exact) mass is 252 g/mol. The van der Waals surface area contributed by atoms with E-state index < -0.39 is 15.7 Å². The molecule has 17 heavy (non-hydrogen) atoms. The molecular formula is C11H12N2O3S. The van der Waals surface area contributed by atoms with E-state index >= 15 is 0 Å². The summed E-state index contributed by atoms with van der Waals surface area (Å²) in [5.74, 6) is -0.695. The van der Waals surface area contributed by atoms with Gasteiger partial charge in [0.1, 0.15) is 6.54 Å². The van der Waals surface area contributed by atoms with Crippen molar-refractivity contribution in [2.45, 2.75) is 11.3 Å². The number of sulfone groups is 1. The van der Waals surface area contributed by atoms with Gasteiger partial charge in [0.15, 0.2) is 9.84 Å². The van der Waals surface area contributed by atoms with E-state index in [1.165, 1.54) is 12.1 Å². The van der Waals surface area contributed by atoms with Gasteiger partial charge in [0.05, 0.1) is 16.7 Å². The molecule has 0 heterocycles. The van der Waals surface area contributed by atoms with E-state index in [2.05, 4.69) is 5.32 Å². The minimum absolute atomic E-state index is 0.107. The fourth-order valence-electron chi connectivity index (χ4n) is 1.20. The van der Waals surface area contributed by atoms with Crippen LogP contribution in [-0.2, 0) is 14.6 Å². The van der Waals surface area contributed by atoms with Crippen LogP contribution in [0.4, 0.5) is 0 Å². The Morgan fingerprint density at radius 1 is 1.29 bits per heavy atom. The van der Waals surface area contributed by atoms with E-state index in [9.17, 15) is 13.2 Å². The Hall–Kier alpha value is -1.87. The number of rotatable bonds is 5. The van der Waals surface area contributed by atoms with Crippen LogP contribution < -0.4 is 5.32 Å². The predicted octanol–water partition coefficient (Wildman–Crippen LogP) is 0.490. The van der Waals surface area contributed by atoms with Crippen LogP contribution in [0.15, 0.2) is 35.2 Å². The lowest BCUT2D eigenvalue weighted by Gasteiger charge is -2.03. The minimum Gasteiger partial charge on any atom is -0.343 e. The lowest BCUT2D eigenvalue weighted by Crippen LogP contribution is -2.25. The van der Waals surface area contributed by atoms with Gasteiger partial charge in [-0.15, -0.1) is 0 Å². The van der Waals surface area contributed by atoms with Gasteiger partial charge in [0.2, 0.25) is 5.91 Å². The van der Waals surface area contributed by atoms with Gasteiger partial charge < -0.3 is 5.32 Å². The van der Waals surface area contributed by atoms with Crippen LogP contribution in [0.25, 0.3) is 0 Å². The number of benzene rings is 1. The number of carbonyl (C=O) groups excluding carboxylic acids is 1. The fraction of sp³-hybridized carbons (Fsp3) is 0.273. The number of nitriles is 1. The van der Waals surface area contributed by atoms with Crippen molar-refractivity contribution in [2.24, 2.45) is 0 Å². The molecule has 0 aliphatic heterocycles. The van der Waals surface area contributed by atoms with E-state index in [-0.39, 0.29) is 23.6 Å². The van der Waals surface area contributed by atoms with Crippen LogP contribution in [0, 0.1) is 11.3 Å². The number of amides is 1. The summed E-state index contributed by atoms with van der Waals surface area (Å²) in [6.07, 6.45) is -0.140. The highest BCUT2D eigenvalue weighted by atomic mass is 32.2. The van der Waals surface area contributed by atoms with Gasteiger partial charge in [-0.05, 0) is 12.1 Å². The Bertz CT molecular complexity index is 517. The van der Waals surface area contributed by atoms with E-state index in [0.717, 1.165) is 0 Å². The van der Waals surface area contributed by atoms with Gasteiger partial charge in [-0.2, -0.15) is 5.26 Å². The van der Waals surface area contributed by atoms with Gasteiger partial charge in [-0.25, -0.2) is 8.42 Å². The Morgan fingerprint density at radius 2 is 1.94 bits per heavy atom. The molecule has 5 nitrogen and oxygen atoms in total. The van der Waals surface area contributed by atoms with E-state index in [0.29, 0.717) is 0 Å². The molecule has 0 aliphatic rings. The molecule has 1 N–H and O–H groups in total. The van der Waals surface area contributed by atoms with Gasteiger partial charge in [-0.3, -0.25) is 4.79 Å². The summed E-state index contributed by atoms with van der Waals surface area (Å²) in [4.78, 5) is 11.4. The van der Waals surface area contributed by atoms with Crippen LogP contribution in [0.2, 0.25) is 0 Å². The van der Waals surface area contributed by atoms with Crippen molar-refractivity contribution >= 4 is 15.7 Å². The van der Waals surface area contributed by atoms with Crippen LogP contribution >= 0.6 is 0 Å². The van der Waals surface area contributed by atoms with E-state index in [4.69, 9.17) is 5.26 Å². The second-order valence-corrected chi connectivity index (χ2v) is 5.43. The van der Waals surface area contributed by atoms with Crippen molar-refractivity contribution in [2.75, 3.05) is 12.3 Å². The van der Waals surface area contributed by atoms with Crippen molar-refractivity contribution in [3.8, 4) is 6.07 Å². The molecule has 0 atom stereocenters. The first-order valence-electron chi connectivity index (χ1n) is 4.98. The van der Waals surface area contributed by atoms with Gasteiger partial charge >= 0.3 is 0 Å². The molecule has 0 radical (unpaired) electrons. The number of carbonyl (C=O) groups is 1. The van der Waals surface area contributed by atoms with Gasteiger partial charge in [0.25, 0.3) is 0 Å². The van der Waals surface area contributed by atoms with Crippen LogP contribution in [0.1, 0.15) is 6.42 Å². The van der Waals surface area contributed by atoms with Gasteiger partial charge in [-0.1, -0.05) is 18.2 Å². The fourth-order valence-corrected chi connectivity index (χ4v) is 2.46. The Balaban J connectivity index is 2.58. The maximum atomic E-state index is 11.8. The molecule has 0 aromatic heterocycles. The Labute approximate surface area is 100.0 Å². The first-order valence-corrected chi connectivity index (χ1v) is 6.63.